The summed E-state index contributed by atoms with van der Waals surface area (Å²) < 4.78 is 46.0. The number of alkyl halides is 2. The van der Waals surface area contributed by atoms with E-state index >= 15 is 0 Å². The van der Waals surface area contributed by atoms with Crippen LogP contribution in [0.15, 0.2) is 12.1 Å². The number of halogens is 3. The summed E-state index contributed by atoms with van der Waals surface area (Å²) in [5, 5.41) is 8.84. The van der Waals surface area contributed by atoms with Crippen LogP contribution in [0.1, 0.15) is 18.1 Å². The van der Waals surface area contributed by atoms with Crippen molar-refractivity contribution in [1.29, 1.82) is 5.26 Å². The maximum absolute atomic E-state index is 13.4. The lowest BCUT2D eigenvalue weighted by molar-refractivity contribution is -0.142. The molecule has 0 aliphatic carbocycles. The molecule has 0 unspecified atom stereocenters. The Hall–Kier alpha value is -2.23. The average molecular weight is 273 g/mol. The van der Waals surface area contributed by atoms with E-state index in [4.69, 9.17) is 5.26 Å². The van der Waals surface area contributed by atoms with Crippen molar-refractivity contribution >= 4 is 5.97 Å². The maximum Gasteiger partial charge on any atom is 0.387 e. The Labute approximate surface area is 107 Å². The number of nitriles is 1. The quantitative estimate of drug-likeness (QED) is 0.773. The van der Waals surface area contributed by atoms with Crippen LogP contribution in [0.25, 0.3) is 0 Å². The van der Waals surface area contributed by atoms with Crippen molar-refractivity contribution in [2.45, 2.75) is 20.0 Å². The molecule has 0 radical (unpaired) electrons. The van der Waals surface area contributed by atoms with Gasteiger partial charge in [-0.05, 0) is 18.6 Å². The van der Waals surface area contributed by atoms with Gasteiger partial charge in [0, 0.05) is 6.07 Å². The summed E-state index contributed by atoms with van der Waals surface area (Å²) in [5.41, 5.74) is -0.0647. The van der Waals surface area contributed by atoms with Crippen molar-refractivity contribution < 1.29 is 27.4 Å². The number of carbonyl (C=O) groups is 1. The van der Waals surface area contributed by atoms with Crippen LogP contribution in [0.5, 0.6) is 5.75 Å². The molecule has 19 heavy (non-hydrogen) atoms. The second-order valence-electron chi connectivity index (χ2n) is 3.41. The minimum Gasteiger partial charge on any atom is -0.466 e. The molecule has 0 N–H and O–H groups in total. The summed E-state index contributed by atoms with van der Waals surface area (Å²) in [6, 6.07) is 3.33. The number of rotatable bonds is 5. The highest BCUT2D eigenvalue weighted by atomic mass is 19.3. The Kier molecular flexibility index (Phi) is 5.18. The molecular formula is C12H10F3NO3. The molecule has 0 atom stereocenters. The van der Waals surface area contributed by atoms with Gasteiger partial charge in [-0.2, -0.15) is 14.0 Å². The fraction of sp³-hybridized carbons (Fsp3) is 0.333. The zero-order valence-corrected chi connectivity index (χ0v) is 9.95. The SMILES string of the molecule is CCOC(=O)Cc1cc(F)c(OC(F)F)cc1C#N. The van der Waals surface area contributed by atoms with E-state index in [1.807, 2.05) is 0 Å². The number of esters is 1. The van der Waals surface area contributed by atoms with Crippen LogP contribution in [0.3, 0.4) is 0 Å². The third-order valence-corrected chi connectivity index (χ3v) is 2.13. The summed E-state index contributed by atoms with van der Waals surface area (Å²) in [4.78, 5) is 11.2. The zero-order chi connectivity index (χ0) is 14.4. The number of carbonyl (C=O) groups excluding carboxylic acids is 1. The van der Waals surface area contributed by atoms with E-state index < -0.39 is 24.1 Å². The smallest absolute Gasteiger partial charge is 0.387 e. The van der Waals surface area contributed by atoms with Crippen molar-refractivity contribution in [2.24, 2.45) is 0 Å². The highest BCUT2D eigenvalue weighted by Gasteiger charge is 2.16. The first-order chi connectivity index (χ1) is 8.97. The molecule has 7 heteroatoms. The monoisotopic (exact) mass is 273 g/mol. The van der Waals surface area contributed by atoms with Gasteiger partial charge in [0.05, 0.1) is 24.7 Å². The van der Waals surface area contributed by atoms with Crippen LogP contribution < -0.4 is 4.74 Å². The molecule has 0 amide bonds. The fourth-order valence-corrected chi connectivity index (χ4v) is 1.40. The van der Waals surface area contributed by atoms with Crippen LogP contribution >= 0.6 is 0 Å². The molecule has 1 aromatic carbocycles. The maximum atomic E-state index is 13.4. The van der Waals surface area contributed by atoms with Gasteiger partial charge in [-0.3, -0.25) is 4.79 Å². The molecule has 0 bridgehead atoms. The van der Waals surface area contributed by atoms with E-state index in [0.717, 1.165) is 12.1 Å². The van der Waals surface area contributed by atoms with E-state index in [-0.39, 0.29) is 24.2 Å². The molecule has 1 aromatic rings. The molecule has 0 aliphatic heterocycles. The Morgan fingerprint density at radius 2 is 2.16 bits per heavy atom. The molecule has 0 fully saturated rings. The summed E-state index contributed by atoms with van der Waals surface area (Å²) >= 11 is 0. The van der Waals surface area contributed by atoms with Crippen molar-refractivity contribution in [2.75, 3.05) is 6.61 Å². The number of nitrogens with zero attached hydrogens (tertiary/aromatic N) is 1. The topological polar surface area (TPSA) is 59.3 Å². The van der Waals surface area contributed by atoms with Crippen molar-refractivity contribution in [3.8, 4) is 11.8 Å². The molecule has 102 valence electrons. The summed E-state index contributed by atoms with van der Waals surface area (Å²) in [6.07, 6.45) is -0.317. The highest BCUT2D eigenvalue weighted by Crippen LogP contribution is 2.24. The highest BCUT2D eigenvalue weighted by molar-refractivity contribution is 5.73. The van der Waals surface area contributed by atoms with Gasteiger partial charge >= 0.3 is 12.6 Å². The van der Waals surface area contributed by atoms with Crippen LogP contribution in [-0.2, 0) is 16.0 Å². The molecule has 0 aromatic heterocycles. The lowest BCUT2D eigenvalue weighted by Gasteiger charge is -2.09. The third kappa shape index (κ3) is 4.17. The zero-order valence-electron chi connectivity index (χ0n) is 9.95. The van der Waals surface area contributed by atoms with Crippen molar-refractivity contribution in [1.82, 2.24) is 0 Å². The minimum absolute atomic E-state index is 0.0556. The number of hydrogen-bond acceptors (Lipinski definition) is 4. The van der Waals surface area contributed by atoms with Gasteiger partial charge in [-0.25, -0.2) is 4.39 Å². The first kappa shape index (κ1) is 14.8. The molecule has 1 rings (SSSR count). The minimum atomic E-state index is -3.20. The lowest BCUT2D eigenvalue weighted by atomic mass is 10.0. The van der Waals surface area contributed by atoms with E-state index in [2.05, 4.69) is 9.47 Å². The number of ether oxygens (including phenoxy) is 2. The van der Waals surface area contributed by atoms with E-state index in [9.17, 15) is 18.0 Å². The second-order valence-corrected chi connectivity index (χ2v) is 3.41. The predicted octanol–water partition coefficient (Wildman–Crippen LogP) is 2.40. The van der Waals surface area contributed by atoms with E-state index in [1.54, 1.807) is 13.0 Å². The first-order valence-electron chi connectivity index (χ1n) is 5.30. The standard InChI is InChI=1S/C12H10F3NO3/c1-2-18-11(17)5-7-3-9(13)10(19-12(14)15)4-8(7)6-16/h3-4,12H,2,5H2,1H3. The summed E-state index contributed by atoms with van der Waals surface area (Å²) in [5.74, 6) is -2.45. The third-order valence-electron chi connectivity index (χ3n) is 2.13. The molecule has 0 aliphatic rings. The van der Waals surface area contributed by atoms with Gasteiger partial charge in [-0.1, -0.05) is 0 Å². The number of benzene rings is 1. The van der Waals surface area contributed by atoms with Gasteiger partial charge in [0.1, 0.15) is 0 Å². The Morgan fingerprint density at radius 1 is 1.47 bits per heavy atom. The normalized spacial score (nSPS) is 10.1. The lowest BCUT2D eigenvalue weighted by Crippen LogP contribution is -2.10. The Balaban J connectivity index is 3.04. The van der Waals surface area contributed by atoms with Crippen LogP contribution in [0.4, 0.5) is 13.2 Å². The fourth-order valence-electron chi connectivity index (χ4n) is 1.40. The first-order valence-corrected chi connectivity index (χ1v) is 5.30. The van der Waals surface area contributed by atoms with Crippen LogP contribution in [0, 0.1) is 17.1 Å². The van der Waals surface area contributed by atoms with E-state index in [0.29, 0.717) is 0 Å². The largest absolute Gasteiger partial charge is 0.466 e. The van der Waals surface area contributed by atoms with Gasteiger partial charge in [0.25, 0.3) is 0 Å². The molecular weight excluding hydrogens is 263 g/mol. The Morgan fingerprint density at radius 3 is 2.68 bits per heavy atom. The van der Waals surface area contributed by atoms with Crippen molar-refractivity contribution in [3.05, 3.63) is 29.1 Å². The Bertz CT molecular complexity index is 512. The van der Waals surface area contributed by atoms with Gasteiger partial charge in [0.2, 0.25) is 0 Å². The summed E-state index contributed by atoms with van der Waals surface area (Å²) in [6.45, 7) is -1.45. The predicted molar refractivity (Wildman–Crippen MR) is 58.1 cm³/mol. The second kappa shape index (κ2) is 6.64. The van der Waals surface area contributed by atoms with Gasteiger partial charge in [-0.15, -0.1) is 0 Å². The number of hydrogen-bond donors (Lipinski definition) is 0. The molecule has 4 nitrogen and oxygen atoms in total. The summed E-state index contributed by atoms with van der Waals surface area (Å²) in [7, 11) is 0. The molecule has 0 heterocycles. The molecule has 0 saturated carbocycles. The molecule has 0 saturated heterocycles. The van der Waals surface area contributed by atoms with Crippen LogP contribution in [-0.4, -0.2) is 19.2 Å². The van der Waals surface area contributed by atoms with Gasteiger partial charge in [0.15, 0.2) is 11.6 Å². The molecule has 0 spiro atoms. The van der Waals surface area contributed by atoms with Crippen LogP contribution in [0.2, 0.25) is 0 Å². The van der Waals surface area contributed by atoms with Gasteiger partial charge < -0.3 is 9.47 Å². The average Bonchev–Trinajstić information content (AvgIpc) is 2.32. The van der Waals surface area contributed by atoms with Crippen molar-refractivity contribution in [3.63, 3.8) is 0 Å². The van der Waals surface area contributed by atoms with E-state index in [1.165, 1.54) is 0 Å².